The van der Waals surface area contributed by atoms with Gasteiger partial charge in [0.2, 0.25) is 0 Å². The summed E-state index contributed by atoms with van der Waals surface area (Å²) in [5.41, 5.74) is -5.68. The molecule has 218 valence electrons. The number of aliphatic hydroxyl groups is 3. The molecule has 0 radical (unpaired) electrons. The highest BCUT2D eigenvalue weighted by Crippen LogP contribution is 2.75. The summed E-state index contributed by atoms with van der Waals surface area (Å²) in [5.74, 6) is -2.99. The van der Waals surface area contributed by atoms with E-state index in [2.05, 4.69) is 6.92 Å². The molecule has 1 spiro atoms. The Bertz CT molecular complexity index is 1110. The summed E-state index contributed by atoms with van der Waals surface area (Å²) in [7, 11) is 0. The highest BCUT2D eigenvalue weighted by atomic mass is 16.6. The molecule has 0 aromatic rings. The number of esters is 2. The Kier molecular flexibility index (Phi) is 7.31. The van der Waals surface area contributed by atoms with E-state index < -0.39 is 70.0 Å². The lowest BCUT2D eigenvalue weighted by molar-refractivity contribution is -0.208. The Hall–Kier alpha value is -2.03. The van der Waals surface area contributed by atoms with Crippen LogP contribution in [0.5, 0.6) is 0 Å². The largest absolute Gasteiger partial charge is 0.458 e. The fourth-order valence-corrected chi connectivity index (χ4v) is 7.95. The Balaban J connectivity index is 1.85. The molecule has 8 heteroatoms. The smallest absolute Gasteiger partial charge is 0.311 e. The third-order valence-electron chi connectivity index (χ3n) is 10.1. The summed E-state index contributed by atoms with van der Waals surface area (Å²) in [4.78, 5) is 40.7. The summed E-state index contributed by atoms with van der Waals surface area (Å²) in [5, 5.41) is 34.5. The van der Waals surface area contributed by atoms with Gasteiger partial charge in [0, 0.05) is 23.7 Å². The van der Waals surface area contributed by atoms with E-state index in [1.807, 2.05) is 20.8 Å². The topological polar surface area (TPSA) is 130 Å². The van der Waals surface area contributed by atoms with Gasteiger partial charge in [0.1, 0.15) is 11.7 Å². The van der Waals surface area contributed by atoms with Crippen molar-refractivity contribution in [3.8, 4) is 0 Å². The van der Waals surface area contributed by atoms with E-state index >= 15 is 0 Å². The molecular formula is C31H46O8. The third kappa shape index (κ3) is 3.99. The van der Waals surface area contributed by atoms with Crippen LogP contribution in [0.2, 0.25) is 0 Å². The minimum atomic E-state index is -2.24. The molecule has 0 heterocycles. The fourth-order valence-electron chi connectivity index (χ4n) is 7.95. The number of ketones is 1. The zero-order valence-electron chi connectivity index (χ0n) is 24.7. The molecule has 2 bridgehead atoms. The zero-order valence-corrected chi connectivity index (χ0v) is 24.7. The molecule has 2 saturated carbocycles. The van der Waals surface area contributed by atoms with Crippen LogP contribution in [0.15, 0.2) is 23.3 Å². The average molecular weight is 547 g/mol. The third-order valence-corrected chi connectivity index (χ3v) is 10.1. The standard InChI is InChI=1S/C31H46O8/c1-9-10-11-12-21(33)39-30-15-18(3)29-14-17(2)25(38-26(36)27(4,5)6)31(29,37)23(34)19(16-32)13-20(24(29)35)22(30)28(30,7)8/h13-14,18,20,22-23,25,32,34,37H,9-12,15-16H2,1-8H3/t18?,20-,22+,23+,25-,29?,30-,31-/m0/s1. The van der Waals surface area contributed by atoms with Crippen molar-refractivity contribution in [2.24, 2.45) is 34.0 Å². The van der Waals surface area contributed by atoms with Crippen LogP contribution in [0, 0.1) is 34.0 Å². The van der Waals surface area contributed by atoms with Gasteiger partial charge in [0.05, 0.1) is 17.4 Å². The number of carbonyl (C=O) groups excluding carboxylic acids is 3. The van der Waals surface area contributed by atoms with E-state index in [1.165, 1.54) is 0 Å². The number of rotatable bonds is 7. The summed E-state index contributed by atoms with van der Waals surface area (Å²) in [6.45, 7) is 14.0. The van der Waals surface area contributed by atoms with Gasteiger partial charge in [-0.05, 0) is 57.6 Å². The average Bonchev–Trinajstić information content (AvgIpc) is 3.23. The van der Waals surface area contributed by atoms with Crippen molar-refractivity contribution >= 4 is 17.7 Å². The summed E-state index contributed by atoms with van der Waals surface area (Å²) in [6, 6.07) is 0. The van der Waals surface area contributed by atoms with E-state index in [1.54, 1.807) is 39.8 Å². The first-order chi connectivity index (χ1) is 18.0. The van der Waals surface area contributed by atoms with Gasteiger partial charge in [-0.1, -0.05) is 52.7 Å². The van der Waals surface area contributed by atoms with Crippen LogP contribution in [-0.2, 0) is 23.9 Å². The maximum Gasteiger partial charge on any atom is 0.311 e. The predicted octanol–water partition coefficient (Wildman–Crippen LogP) is 3.66. The number of carbonyl (C=O) groups is 3. The second-order valence-corrected chi connectivity index (χ2v) is 13.9. The number of allylic oxidation sites excluding steroid dienone is 1. The van der Waals surface area contributed by atoms with Crippen molar-refractivity contribution < 1.29 is 39.2 Å². The van der Waals surface area contributed by atoms with Crippen molar-refractivity contribution in [1.29, 1.82) is 0 Å². The van der Waals surface area contributed by atoms with Gasteiger partial charge < -0.3 is 24.8 Å². The van der Waals surface area contributed by atoms with Crippen molar-refractivity contribution in [1.82, 2.24) is 0 Å². The Morgan fingerprint density at radius 3 is 2.38 bits per heavy atom. The molecular weight excluding hydrogens is 500 g/mol. The maximum absolute atomic E-state index is 14.7. The van der Waals surface area contributed by atoms with Gasteiger partial charge in [0.25, 0.3) is 0 Å². The second-order valence-electron chi connectivity index (χ2n) is 13.9. The highest BCUT2D eigenvalue weighted by Gasteiger charge is 2.83. The maximum atomic E-state index is 14.7. The summed E-state index contributed by atoms with van der Waals surface area (Å²) in [6.07, 6.45) is 3.49. The minimum Gasteiger partial charge on any atom is -0.458 e. The van der Waals surface area contributed by atoms with E-state index in [9.17, 15) is 29.7 Å². The van der Waals surface area contributed by atoms with Gasteiger partial charge in [0.15, 0.2) is 17.5 Å². The number of aliphatic hydroxyl groups excluding tert-OH is 2. The van der Waals surface area contributed by atoms with Crippen molar-refractivity contribution in [2.45, 2.75) is 111 Å². The predicted molar refractivity (Wildman–Crippen MR) is 144 cm³/mol. The van der Waals surface area contributed by atoms with E-state index in [4.69, 9.17) is 9.47 Å². The molecule has 0 amide bonds. The molecule has 8 atom stereocenters. The van der Waals surface area contributed by atoms with Crippen molar-refractivity contribution in [2.75, 3.05) is 6.61 Å². The molecule has 0 aliphatic heterocycles. The molecule has 0 aromatic heterocycles. The number of fused-ring (bicyclic) bond motifs is 3. The van der Waals surface area contributed by atoms with Crippen molar-refractivity contribution in [3.63, 3.8) is 0 Å². The number of unbranched alkanes of at least 4 members (excludes halogenated alkanes) is 2. The molecule has 2 unspecified atom stereocenters. The van der Waals surface area contributed by atoms with E-state index in [0.717, 1.165) is 19.3 Å². The molecule has 0 aromatic carbocycles. The number of hydrogen-bond donors (Lipinski definition) is 3. The van der Waals surface area contributed by atoms with E-state index in [0.29, 0.717) is 18.4 Å². The lowest BCUT2D eigenvalue weighted by atomic mass is 9.59. The van der Waals surface area contributed by atoms with Crippen molar-refractivity contribution in [3.05, 3.63) is 23.3 Å². The second kappa shape index (κ2) is 9.52. The van der Waals surface area contributed by atoms with Crippen LogP contribution in [0.25, 0.3) is 0 Å². The number of hydrogen-bond acceptors (Lipinski definition) is 8. The normalized spacial score (nSPS) is 40.4. The summed E-state index contributed by atoms with van der Waals surface area (Å²) >= 11 is 0. The molecule has 4 aliphatic rings. The molecule has 4 rings (SSSR count). The number of Topliss-reactive ketones (excluding diaryl/α,β-unsaturated/α-hetero) is 1. The lowest BCUT2D eigenvalue weighted by Crippen LogP contribution is -2.66. The first kappa shape index (κ1) is 29.9. The Morgan fingerprint density at radius 2 is 1.82 bits per heavy atom. The lowest BCUT2D eigenvalue weighted by Gasteiger charge is -2.49. The van der Waals surface area contributed by atoms with Gasteiger partial charge in [-0.2, -0.15) is 0 Å². The first-order valence-corrected chi connectivity index (χ1v) is 14.4. The molecule has 4 aliphatic carbocycles. The van der Waals surface area contributed by atoms with Crippen LogP contribution >= 0.6 is 0 Å². The van der Waals surface area contributed by atoms with Gasteiger partial charge >= 0.3 is 11.9 Å². The quantitative estimate of drug-likeness (QED) is 0.251. The highest BCUT2D eigenvalue weighted by molar-refractivity contribution is 5.96. The first-order valence-electron chi connectivity index (χ1n) is 14.4. The van der Waals surface area contributed by atoms with E-state index in [-0.39, 0.29) is 17.3 Å². The van der Waals surface area contributed by atoms with Gasteiger partial charge in [-0.3, -0.25) is 14.4 Å². The van der Waals surface area contributed by atoms with Gasteiger partial charge in [-0.15, -0.1) is 0 Å². The SMILES string of the molecule is CCCCCC(=O)O[C@@]12CC(C)C34C=C(C)[C@H](OC(=O)C(C)(C)C)[C@@]3(O)[C@H](O)C(CO)=C[C@H](C4=O)[C@@H]1C2(C)C. The number of ether oxygens (including phenoxy) is 2. The molecule has 0 saturated heterocycles. The zero-order chi connectivity index (χ0) is 29.3. The molecule has 3 N–H and O–H groups in total. The Morgan fingerprint density at radius 1 is 1.18 bits per heavy atom. The Labute approximate surface area is 231 Å². The molecule has 8 nitrogen and oxygen atoms in total. The molecule has 2 fully saturated rings. The van der Waals surface area contributed by atoms with Crippen LogP contribution < -0.4 is 0 Å². The van der Waals surface area contributed by atoms with Crippen LogP contribution in [0.1, 0.15) is 87.5 Å². The monoisotopic (exact) mass is 546 g/mol. The molecule has 39 heavy (non-hydrogen) atoms. The fraction of sp³-hybridized carbons (Fsp3) is 0.774. The minimum absolute atomic E-state index is 0.0950. The van der Waals surface area contributed by atoms with Crippen LogP contribution in [0.3, 0.4) is 0 Å². The van der Waals surface area contributed by atoms with Crippen LogP contribution in [0.4, 0.5) is 0 Å². The summed E-state index contributed by atoms with van der Waals surface area (Å²) < 4.78 is 12.1. The van der Waals surface area contributed by atoms with Crippen LogP contribution in [-0.4, -0.2) is 63.1 Å². The van der Waals surface area contributed by atoms with Gasteiger partial charge in [-0.25, -0.2) is 0 Å².